The summed E-state index contributed by atoms with van der Waals surface area (Å²) in [7, 11) is 0. The number of carbonyl (C=O) groups excluding carboxylic acids is 3. The molecule has 258 valence electrons. The lowest BCUT2D eigenvalue weighted by molar-refractivity contribution is -0.158. The van der Waals surface area contributed by atoms with Gasteiger partial charge in [-0.3, -0.25) is 4.79 Å². The third-order valence-electron chi connectivity index (χ3n) is 10.7. The van der Waals surface area contributed by atoms with Gasteiger partial charge < -0.3 is 18.9 Å². The molecule has 4 aromatic carbocycles. The van der Waals surface area contributed by atoms with Gasteiger partial charge in [-0.05, 0) is 56.0 Å². The van der Waals surface area contributed by atoms with E-state index in [1.807, 2.05) is 66.7 Å². The Kier molecular flexibility index (Phi) is 8.37. The fraction of sp³-hybridized carbons (Fsp3) is 0.279. The van der Waals surface area contributed by atoms with Gasteiger partial charge in [0, 0.05) is 79.4 Å². The summed E-state index contributed by atoms with van der Waals surface area (Å²) in [5.41, 5.74) is 4.19. The van der Waals surface area contributed by atoms with Gasteiger partial charge in [0.2, 0.25) is 0 Å². The first-order valence-electron chi connectivity index (χ1n) is 17.3. The zero-order chi connectivity index (χ0) is 35.5. The molecule has 3 heterocycles. The lowest BCUT2D eigenvalue weighted by atomic mass is 9.67. The molecule has 7 nitrogen and oxygen atoms in total. The van der Waals surface area contributed by atoms with Crippen LogP contribution in [0.5, 0.6) is 0 Å². The van der Waals surface area contributed by atoms with Crippen LogP contribution in [0, 0.1) is 11.8 Å². The van der Waals surface area contributed by atoms with Crippen molar-refractivity contribution in [2.75, 3.05) is 26.4 Å². The lowest BCUT2D eigenvalue weighted by Gasteiger charge is -2.43. The molecule has 0 saturated carbocycles. The molecule has 8 heteroatoms. The summed E-state index contributed by atoms with van der Waals surface area (Å²) in [5.74, 6) is -1.39. The predicted molar refractivity (Wildman–Crippen MR) is 194 cm³/mol. The summed E-state index contributed by atoms with van der Waals surface area (Å²) in [5, 5.41) is 0. The molecule has 4 aromatic rings. The van der Waals surface area contributed by atoms with Gasteiger partial charge in [0.25, 0.3) is 0 Å². The number of ether oxygens (including phenoxy) is 4. The van der Waals surface area contributed by atoms with Gasteiger partial charge in [-0.25, -0.2) is 9.59 Å². The topological polar surface area (TPSA) is 88.1 Å². The van der Waals surface area contributed by atoms with Crippen molar-refractivity contribution in [3.05, 3.63) is 143 Å². The fourth-order valence-corrected chi connectivity index (χ4v) is 9.42. The van der Waals surface area contributed by atoms with Gasteiger partial charge in [0.05, 0.1) is 13.2 Å². The second kappa shape index (κ2) is 12.8. The molecule has 0 radical (unpaired) electrons. The van der Waals surface area contributed by atoms with E-state index in [0.29, 0.717) is 60.7 Å². The summed E-state index contributed by atoms with van der Waals surface area (Å²) < 4.78 is 24.7. The van der Waals surface area contributed by atoms with E-state index in [1.165, 1.54) is 0 Å². The zero-order valence-electron chi connectivity index (χ0n) is 28.7. The fourth-order valence-electron chi connectivity index (χ4n) is 8.19. The Labute approximate surface area is 301 Å². The van der Waals surface area contributed by atoms with Crippen molar-refractivity contribution in [3.8, 4) is 11.1 Å². The van der Waals surface area contributed by atoms with Gasteiger partial charge in [0.1, 0.15) is 0 Å². The van der Waals surface area contributed by atoms with Crippen LogP contribution in [0.1, 0.15) is 64.9 Å². The first-order valence-corrected chi connectivity index (χ1v) is 18.1. The van der Waals surface area contributed by atoms with Crippen molar-refractivity contribution >= 4 is 29.5 Å². The molecule has 0 bridgehead atoms. The molecule has 4 atom stereocenters. The van der Waals surface area contributed by atoms with Crippen molar-refractivity contribution in [1.82, 2.24) is 0 Å². The Morgan fingerprint density at radius 3 is 1.78 bits per heavy atom. The number of benzene rings is 4. The van der Waals surface area contributed by atoms with Crippen LogP contribution >= 0.6 is 11.8 Å². The average molecular weight is 699 g/mol. The van der Waals surface area contributed by atoms with Crippen LogP contribution in [0.15, 0.2) is 119 Å². The molecule has 1 aliphatic carbocycles. The average Bonchev–Trinajstić information content (AvgIpc) is 3.89. The van der Waals surface area contributed by atoms with Gasteiger partial charge in [-0.2, -0.15) is 0 Å². The predicted octanol–water partition coefficient (Wildman–Crippen LogP) is 8.16. The molecule has 3 aliphatic heterocycles. The van der Waals surface area contributed by atoms with Gasteiger partial charge >= 0.3 is 11.9 Å². The Hall–Kier alpha value is -4.76. The number of rotatable bonds is 7. The minimum Gasteiger partial charge on any atom is -0.445 e. The Balaban J connectivity index is 1.29. The summed E-state index contributed by atoms with van der Waals surface area (Å²) in [6.45, 7) is 13.0. The van der Waals surface area contributed by atoms with E-state index < -0.39 is 23.1 Å². The molecule has 4 aliphatic rings. The molecule has 0 N–H and O–H groups in total. The summed E-state index contributed by atoms with van der Waals surface area (Å²) in [6.07, 6.45) is 1.41. The van der Waals surface area contributed by atoms with Crippen LogP contribution < -0.4 is 0 Å². The van der Waals surface area contributed by atoms with Crippen molar-refractivity contribution < 1.29 is 33.3 Å². The first-order chi connectivity index (χ1) is 24.6. The Bertz CT molecular complexity index is 2140. The molecule has 2 saturated heterocycles. The maximum Gasteiger partial charge on any atom is 0.334 e. The largest absolute Gasteiger partial charge is 0.445 e. The third kappa shape index (κ3) is 5.22. The highest BCUT2D eigenvalue weighted by atomic mass is 32.2. The van der Waals surface area contributed by atoms with Gasteiger partial charge in [-0.1, -0.05) is 91.6 Å². The Morgan fingerprint density at radius 2 is 1.18 bits per heavy atom. The van der Waals surface area contributed by atoms with Crippen LogP contribution in [0.4, 0.5) is 0 Å². The summed E-state index contributed by atoms with van der Waals surface area (Å²) in [4.78, 5) is 43.0. The number of hydrogen-bond donors (Lipinski definition) is 0. The van der Waals surface area contributed by atoms with Crippen LogP contribution in [0.2, 0.25) is 0 Å². The smallest absolute Gasteiger partial charge is 0.334 e. The normalized spacial score (nSPS) is 24.5. The Morgan fingerprint density at radius 1 is 0.667 bits per heavy atom. The third-order valence-corrected chi connectivity index (χ3v) is 11.8. The van der Waals surface area contributed by atoms with E-state index in [0.717, 1.165) is 38.5 Å². The number of hydrogen-bond acceptors (Lipinski definition) is 8. The summed E-state index contributed by atoms with van der Waals surface area (Å²) >= 11 is 1.63. The number of esters is 2. The van der Waals surface area contributed by atoms with Crippen LogP contribution in [-0.2, 0) is 39.7 Å². The minimum absolute atomic E-state index is 0.0940. The minimum atomic E-state index is -1.23. The zero-order valence-corrected chi connectivity index (χ0v) is 29.5. The molecular formula is C43H38O7S. The molecule has 0 spiro atoms. The molecule has 4 unspecified atom stereocenters. The molecule has 2 fully saturated rings. The van der Waals surface area contributed by atoms with Crippen molar-refractivity contribution in [2.45, 2.75) is 47.7 Å². The van der Waals surface area contributed by atoms with Crippen LogP contribution in [0.3, 0.4) is 0 Å². The molecule has 51 heavy (non-hydrogen) atoms. The highest BCUT2D eigenvalue weighted by Gasteiger charge is 2.54. The highest BCUT2D eigenvalue weighted by Crippen LogP contribution is 2.56. The molecule has 0 aromatic heterocycles. The van der Waals surface area contributed by atoms with E-state index in [4.69, 9.17) is 18.9 Å². The summed E-state index contributed by atoms with van der Waals surface area (Å²) in [6, 6.07) is 27.5. The lowest BCUT2D eigenvalue weighted by Crippen LogP contribution is -2.46. The van der Waals surface area contributed by atoms with E-state index in [1.54, 1.807) is 31.7 Å². The molecular weight excluding hydrogens is 661 g/mol. The molecule has 0 amide bonds. The monoisotopic (exact) mass is 698 g/mol. The quantitative estimate of drug-likeness (QED) is 0.141. The maximum absolute atomic E-state index is 14.3. The van der Waals surface area contributed by atoms with Crippen LogP contribution in [-0.4, -0.2) is 44.1 Å². The van der Waals surface area contributed by atoms with E-state index in [2.05, 4.69) is 25.3 Å². The van der Waals surface area contributed by atoms with E-state index >= 15 is 0 Å². The standard InChI is InChI=1S/C43H38O7S/c1-25(2)40(45)49-42(29-17-19-47-23-29)33-10-6-5-9-31(33)39(44)32-21-27(13-15-34(32)42)28-14-16-36-38(22-28)51-37-12-8-7-11-35(37)43(36,30-18-20-48-24-30)50-41(46)26(3)4/h5-16,21-22,29-30H,1,3,17-20,23-24H2,2,4H3. The second-order valence-corrected chi connectivity index (χ2v) is 15.0. The molecule has 8 rings (SSSR count). The maximum atomic E-state index is 14.3. The van der Waals surface area contributed by atoms with E-state index in [-0.39, 0.29) is 23.2 Å². The van der Waals surface area contributed by atoms with Gasteiger partial charge in [0.15, 0.2) is 17.0 Å². The SMILES string of the molecule is C=C(C)C(=O)OC1(C2CCOC2)c2ccccc2Sc2cc(-c3ccc4c(c3)C(=O)c3ccccc3C4(OC(=O)C(=C)C)C3CCOC3)ccc21. The number of carbonyl (C=O) groups is 3. The second-order valence-electron chi connectivity index (χ2n) is 13.9. The van der Waals surface area contributed by atoms with Crippen molar-refractivity contribution in [3.63, 3.8) is 0 Å². The van der Waals surface area contributed by atoms with Crippen molar-refractivity contribution in [2.24, 2.45) is 11.8 Å². The number of fused-ring (bicyclic) bond motifs is 4. The first kappa shape index (κ1) is 33.4. The van der Waals surface area contributed by atoms with E-state index in [9.17, 15) is 14.4 Å². The van der Waals surface area contributed by atoms with Crippen molar-refractivity contribution in [1.29, 1.82) is 0 Å². The van der Waals surface area contributed by atoms with Crippen LogP contribution in [0.25, 0.3) is 11.1 Å². The highest BCUT2D eigenvalue weighted by molar-refractivity contribution is 7.99. The van der Waals surface area contributed by atoms with Gasteiger partial charge in [-0.15, -0.1) is 0 Å². The number of ketones is 1.